The van der Waals surface area contributed by atoms with E-state index in [9.17, 15) is 9.18 Å². The topological polar surface area (TPSA) is 45.8 Å². The van der Waals surface area contributed by atoms with Crippen LogP contribution in [0.15, 0.2) is 42.6 Å². The average Bonchev–Trinajstić information content (AvgIpc) is 2.77. The smallest absolute Gasteiger partial charge is 0.182 e. The number of benzene rings is 1. The van der Waals surface area contributed by atoms with Gasteiger partial charge in [-0.2, -0.15) is 5.26 Å². The lowest BCUT2D eigenvalue weighted by Crippen LogP contribution is -2.10. The van der Waals surface area contributed by atoms with Crippen molar-refractivity contribution < 1.29 is 9.18 Å². The second kappa shape index (κ2) is 4.62. The fourth-order valence-electron chi connectivity index (χ4n) is 1.54. The van der Waals surface area contributed by atoms with Crippen LogP contribution < -0.4 is 0 Å². The Hall–Kier alpha value is -2.41. The molecule has 0 atom stereocenters. The van der Waals surface area contributed by atoms with Crippen LogP contribution in [0.4, 0.5) is 4.39 Å². The molecular formula is C13H9FN2O. The van der Waals surface area contributed by atoms with Crippen molar-refractivity contribution in [1.82, 2.24) is 4.57 Å². The summed E-state index contributed by atoms with van der Waals surface area (Å²) >= 11 is 0. The van der Waals surface area contributed by atoms with Gasteiger partial charge in [-0.25, -0.2) is 4.39 Å². The van der Waals surface area contributed by atoms with Crippen molar-refractivity contribution in [2.75, 3.05) is 0 Å². The Bertz CT molecular complexity index is 578. The molecule has 17 heavy (non-hydrogen) atoms. The lowest BCUT2D eigenvalue weighted by Gasteiger charge is -2.04. The number of halogens is 1. The van der Waals surface area contributed by atoms with Crippen LogP contribution in [0.3, 0.4) is 0 Å². The number of carbonyl (C=O) groups excluding carboxylic acids is 1. The Balaban J connectivity index is 2.18. The Morgan fingerprint density at radius 2 is 2.00 bits per heavy atom. The van der Waals surface area contributed by atoms with E-state index in [1.165, 1.54) is 24.3 Å². The highest BCUT2D eigenvalue weighted by atomic mass is 19.1. The maximum absolute atomic E-state index is 12.7. The van der Waals surface area contributed by atoms with Gasteiger partial charge in [-0.1, -0.05) is 0 Å². The zero-order valence-electron chi connectivity index (χ0n) is 8.93. The van der Waals surface area contributed by atoms with E-state index >= 15 is 0 Å². The summed E-state index contributed by atoms with van der Waals surface area (Å²) in [5, 5.41) is 8.80. The van der Waals surface area contributed by atoms with Crippen molar-refractivity contribution in [3.05, 3.63) is 59.7 Å². The van der Waals surface area contributed by atoms with Gasteiger partial charge in [-0.05, 0) is 36.4 Å². The third-order valence-electron chi connectivity index (χ3n) is 2.42. The van der Waals surface area contributed by atoms with Gasteiger partial charge in [0.25, 0.3) is 0 Å². The van der Waals surface area contributed by atoms with E-state index < -0.39 is 0 Å². The molecule has 3 nitrogen and oxygen atoms in total. The second-order valence-electron chi connectivity index (χ2n) is 3.56. The zero-order chi connectivity index (χ0) is 12.3. The van der Waals surface area contributed by atoms with E-state index in [-0.39, 0.29) is 18.1 Å². The van der Waals surface area contributed by atoms with E-state index in [2.05, 4.69) is 0 Å². The van der Waals surface area contributed by atoms with Crippen molar-refractivity contribution in [3.63, 3.8) is 0 Å². The van der Waals surface area contributed by atoms with Gasteiger partial charge in [0.15, 0.2) is 5.78 Å². The molecule has 4 heteroatoms. The highest BCUT2D eigenvalue weighted by Gasteiger charge is 2.08. The zero-order valence-corrected chi connectivity index (χ0v) is 8.93. The fraction of sp³-hybridized carbons (Fsp3) is 0.0769. The first-order valence-corrected chi connectivity index (χ1v) is 5.05. The van der Waals surface area contributed by atoms with E-state index in [0.717, 1.165) is 0 Å². The molecule has 0 bridgehead atoms. The summed E-state index contributed by atoms with van der Waals surface area (Å²) in [6.07, 6.45) is 1.67. The molecule has 0 amide bonds. The van der Waals surface area contributed by atoms with Crippen molar-refractivity contribution in [2.45, 2.75) is 6.54 Å². The number of aromatic nitrogens is 1. The Kier molecular flexibility index (Phi) is 3.01. The van der Waals surface area contributed by atoms with Crippen LogP contribution in [-0.4, -0.2) is 10.4 Å². The molecule has 0 saturated heterocycles. The first-order valence-electron chi connectivity index (χ1n) is 5.05. The molecule has 2 rings (SSSR count). The van der Waals surface area contributed by atoms with Gasteiger partial charge in [-0.3, -0.25) is 4.79 Å². The molecule has 0 aliphatic rings. The predicted octanol–water partition coefficient (Wildman–Crippen LogP) is 2.38. The standard InChI is InChI=1S/C13H9FN2O/c14-11-5-3-10(4-6-11)13(17)9-16-7-1-2-12(16)8-15/h1-7H,9H2. The van der Waals surface area contributed by atoms with Gasteiger partial charge in [0.1, 0.15) is 17.6 Å². The van der Waals surface area contributed by atoms with E-state index in [4.69, 9.17) is 5.26 Å². The molecule has 0 spiro atoms. The highest BCUT2D eigenvalue weighted by molar-refractivity contribution is 5.95. The summed E-state index contributed by atoms with van der Waals surface area (Å²) in [6, 6.07) is 10.7. The minimum atomic E-state index is -0.375. The quantitative estimate of drug-likeness (QED) is 0.757. The first-order chi connectivity index (χ1) is 8.20. The van der Waals surface area contributed by atoms with E-state index in [1.54, 1.807) is 22.9 Å². The Labute approximate surface area is 97.7 Å². The van der Waals surface area contributed by atoms with Crippen LogP contribution in [-0.2, 0) is 6.54 Å². The normalized spacial score (nSPS) is 9.88. The largest absolute Gasteiger partial charge is 0.332 e. The summed E-state index contributed by atoms with van der Waals surface area (Å²) in [5.41, 5.74) is 0.865. The van der Waals surface area contributed by atoms with Crippen LogP contribution in [0.25, 0.3) is 0 Å². The summed E-state index contributed by atoms with van der Waals surface area (Å²) in [5.74, 6) is -0.530. The predicted molar refractivity (Wildman–Crippen MR) is 59.9 cm³/mol. The van der Waals surface area contributed by atoms with E-state index in [1.807, 2.05) is 6.07 Å². The van der Waals surface area contributed by atoms with Crippen LogP contribution in [0.5, 0.6) is 0 Å². The summed E-state index contributed by atoms with van der Waals surface area (Å²) in [4.78, 5) is 11.8. The molecule has 1 heterocycles. The molecular weight excluding hydrogens is 219 g/mol. The number of ketones is 1. The molecule has 2 aromatic rings. The van der Waals surface area contributed by atoms with Gasteiger partial charge in [0, 0.05) is 11.8 Å². The van der Waals surface area contributed by atoms with Crippen LogP contribution in [0, 0.1) is 17.1 Å². The summed E-state index contributed by atoms with van der Waals surface area (Å²) < 4.78 is 14.2. The van der Waals surface area contributed by atoms with Crippen molar-refractivity contribution in [3.8, 4) is 6.07 Å². The first kappa shape index (κ1) is 11.1. The monoisotopic (exact) mass is 228 g/mol. The Morgan fingerprint density at radius 3 is 2.65 bits per heavy atom. The minimum Gasteiger partial charge on any atom is -0.332 e. The fourth-order valence-corrected chi connectivity index (χ4v) is 1.54. The van der Waals surface area contributed by atoms with Crippen LogP contribution in [0.1, 0.15) is 16.1 Å². The molecule has 0 unspecified atom stereocenters. The van der Waals surface area contributed by atoms with Gasteiger partial charge in [0.2, 0.25) is 0 Å². The Morgan fingerprint density at radius 1 is 1.29 bits per heavy atom. The molecule has 0 aliphatic carbocycles. The molecule has 1 aromatic carbocycles. The molecule has 0 radical (unpaired) electrons. The van der Waals surface area contributed by atoms with Gasteiger partial charge < -0.3 is 4.57 Å². The molecule has 0 N–H and O–H groups in total. The van der Waals surface area contributed by atoms with Gasteiger partial charge in [0.05, 0.1) is 6.54 Å². The average molecular weight is 228 g/mol. The van der Waals surface area contributed by atoms with Crippen molar-refractivity contribution >= 4 is 5.78 Å². The summed E-state index contributed by atoms with van der Waals surface area (Å²) in [6.45, 7) is 0.0848. The SMILES string of the molecule is N#Cc1cccn1CC(=O)c1ccc(F)cc1. The van der Waals surface area contributed by atoms with E-state index in [0.29, 0.717) is 11.3 Å². The molecule has 1 aromatic heterocycles. The maximum atomic E-state index is 12.7. The number of rotatable bonds is 3. The third kappa shape index (κ3) is 2.40. The molecule has 0 fully saturated rings. The van der Waals surface area contributed by atoms with Crippen molar-refractivity contribution in [1.29, 1.82) is 5.26 Å². The summed E-state index contributed by atoms with van der Waals surface area (Å²) in [7, 11) is 0. The molecule has 0 aliphatic heterocycles. The number of hydrogen-bond donors (Lipinski definition) is 0. The number of nitriles is 1. The number of hydrogen-bond acceptors (Lipinski definition) is 2. The van der Waals surface area contributed by atoms with Gasteiger partial charge in [-0.15, -0.1) is 0 Å². The van der Waals surface area contributed by atoms with Gasteiger partial charge >= 0.3 is 0 Å². The lowest BCUT2D eigenvalue weighted by molar-refractivity contribution is 0.0972. The van der Waals surface area contributed by atoms with Crippen LogP contribution >= 0.6 is 0 Å². The minimum absolute atomic E-state index is 0.0848. The lowest BCUT2D eigenvalue weighted by atomic mass is 10.1. The molecule has 0 saturated carbocycles. The second-order valence-corrected chi connectivity index (χ2v) is 3.56. The number of nitrogens with zero attached hydrogens (tertiary/aromatic N) is 2. The maximum Gasteiger partial charge on any atom is 0.182 e. The molecule has 84 valence electrons. The number of Topliss-reactive ketones (excluding diaryl/α,β-unsaturated/α-hetero) is 1. The van der Waals surface area contributed by atoms with Crippen molar-refractivity contribution in [2.24, 2.45) is 0 Å². The van der Waals surface area contributed by atoms with Crippen LogP contribution in [0.2, 0.25) is 0 Å². The third-order valence-corrected chi connectivity index (χ3v) is 2.42. The number of carbonyl (C=O) groups is 1. The highest BCUT2D eigenvalue weighted by Crippen LogP contribution is 2.07.